The summed E-state index contributed by atoms with van der Waals surface area (Å²) in [4.78, 5) is 27.3. The quantitative estimate of drug-likeness (QED) is 0.440. The molecule has 1 aromatic heterocycles. The average Bonchev–Trinajstić information content (AvgIpc) is 2.90. The van der Waals surface area contributed by atoms with Gasteiger partial charge in [-0.1, -0.05) is 51.2 Å². The van der Waals surface area contributed by atoms with Crippen molar-refractivity contribution >= 4 is 11.7 Å². The summed E-state index contributed by atoms with van der Waals surface area (Å²) >= 11 is 0. The summed E-state index contributed by atoms with van der Waals surface area (Å²) in [6.45, 7) is 6.60. The molecular formula is C28H40N4O3. The Bertz CT molecular complexity index is 975. The first-order valence-electron chi connectivity index (χ1n) is 13.3. The second-order valence-electron chi connectivity index (χ2n) is 9.60. The molecule has 2 aromatic rings. The highest BCUT2D eigenvalue weighted by Gasteiger charge is 2.28. The van der Waals surface area contributed by atoms with Crippen LogP contribution >= 0.6 is 0 Å². The molecule has 0 atom stereocenters. The van der Waals surface area contributed by atoms with Gasteiger partial charge in [-0.3, -0.25) is 4.79 Å². The predicted octanol–water partition coefficient (Wildman–Crippen LogP) is 4.55. The van der Waals surface area contributed by atoms with Crippen molar-refractivity contribution in [2.24, 2.45) is 0 Å². The van der Waals surface area contributed by atoms with Gasteiger partial charge in [-0.25, -0.2) is 9.97 Å². The minimum absolute atomic E-state index is 0.263. The van der Waals surface area contributed by atoms with E-state index in [1.807, 2.05) is 23.1 Å². The molecule has 2 aliphatic heterocycles. The number of hydrogen-bond acceptors (Lipinski definition) is 6. The van der Waals surface area contributed by atoms with Gasteiger partial charge in [0, 0.05) is 44.5 Å². The third-order valence-corrected chi connectivity index (χ3v) is 6.99. The lowest BCUT2D eigenvalue weighted by atomic mass is 10.0. The Kier molecular flexibility index (Phi) is 9.35. The Balaban J connectivity index is 1.48. The average molecular weight is 481 g/mol. The molecule has 0 bridgehead atoms. The fraction of sp³-hybridized carbons (Fsp3) is 0.607. The van der Waals surface area contributed by atoms with Crippen LogP contribution in [0.15, 0.2) is 24.3 Å². The van der Waals surface area contributed by atoms with Gasteiger partial charge in [0.25, 0.3) is 0 Å². The summed E-state index contributed by atoms with van der Waals surface area (Å²) in [6, 6.07) is 8.08. The van der Waals surface area contributed by atoms with E-state index in [2.05, 4.69) is 17.9 Å². The smallest absolute Gasteiger partial charge is 0.222 e. The van der Waals surface area contributed by atoms with E-state index in [1.165, 1.54) is 25.7 Å². The largest absolute Gasteiger partial charge is 0.497 e. The zero-order valence-electron chi connectivity index (χ0n) is 21.4. The molecule has 1 aromatic carbocycles. The fourth-order valence-corrected chi connectivity index (χ4v) is 4.95. The molecule has 35 heavy (non-hydrogen) atoms. The number of unbranched alkanes of at least 4 members (excludes halogenated alkanes) is 5. The summed E-state index contributed by atoms with van der Waals surface area (Å²) < 4.78 is 11.0. The summed E-state index contributed by atoms with van der Waals surface area (Å²) in [5, 5.41) is 0. The topological polar surface area (TPSA) is 67.8 Å². The van der Waals surface area contributed by atoms with E-state index in [0.29, 0.717) is 32.6 Å². The maximum atomic E-state index is 13.0. The van der Waals surface area contributed by atoms with Gasteiger partial charge in [0.05, 0.1) is 32.6 Å². The molecule has 190 valence electrons. The molecule has 7 nitrogen and oxygen atoms in total. The molecule has 3 heterocycles. The van der Waals surface area contributed by atoms with Crippen LogP contribution in [0.2, 0.25) is 0 Å². The molecule has 0 aliphatic carbocycles. The van der Waals surface area contributed by atoms with Crippen LogP contribution in [0, 0.1) is 0 Å². The van der Waals surface area contributed by atoms with Gasteiger partial charge in [-0.2, -0.15) is 0 Å². The Morgan fingerprint density at radius 3 is 2.66 bits per heavy atom. The second-order valence-corrected chi connectivity index (χ2v) is 9.60. The number of methoxy groups -OCH3 is 1. The number of carbonyl (C=O) groups is 1. The number of morpholine rings is 1. The third kappa shape index (κ3) is 6.94. The van der Waals surface area contributed by atoms with Gasteiger partial charge in [-0.15, -0.1) is 0 Å². The normalized spacial score (nSPS) is 15.7. The molecule has 0 unspecified atom stereocenters. The monoisotopic (exact) mass is 480 g/mol. The van der Waals surface area contributed by atoms with Crippen LogP contribution < -0.4 is 9.64 Å². The zero-order valence-corrected chi connectivity index (χ0v) is 21.4. The molecule has 1 saturated heterocycles. The van der Waals surface area contributed by atoms with Crippen molar-refractivity contribution in [2.45, 2.75) is 71.3 Å². The molecular weight excluding hydrogens is 440 g/mol. The molecule has 0 N–H and O–H groups in total. The summed E-state index contributed by atoms with van der Waals surface area (Å²) in [5.41, 5.74) is 3.33. The molecule has 1 fully saturated rings. The lowest BCUT2D eigenvalue weighted by Crippen LogP contribution is -2.41. The maximum absolute atomic E-state index is 13.0. The first-order chi connectivity index (χ1) is 17.2. The number of fused-ring (bicyclic) bond motifs is 1. The van der Waals surface area contributed by atoms with Gasteiger partial charge < -0.3 is 19.3 Å². The SMILES string of the molecule is CCCCCCCCC(=O)N1CCc2nc(Cc3cccc(OC)c3)nc(N3CCOCC3)c2C1. The number of amides is 1. The number of carbonyl (C=O) groups excluding carboxylic acids is 1. The van der Waals surface area contributed by atoms with Crippen LogP contribution in [0.3, 0.4) is 0 Å². The lowest BCUT2D eigenvalue weighted by Gasteiger charge is -2.34. The van der Waals surface area contributed by atoms with Gasteiger partial charge in [0.2, 0.25) is 5.91 Å². The molecule has 1 amide bonds. The van der Waals surface area contributed by atoms with E-state index < -0.39 is 0 Å². The van der Waals surface area contributed by atoms with E-state index in [1.54, 1.807) is 7.11 Å². The number of anilines is 1. The van der Waals surface area contributed by atoms with Crippen LogP contribution in [-0.4, -0.2) is 60.7 Å². The second kappa shape index (κ2) is 12.9. The highest BCUT2D eigenvalue weighted by molar-refractivity contribution is 5.76. The maximum Gasteiger partial charge on any atom is 0.222 e. The van der Waals surface area contributed by atoms with E-state index >= 15 is 0 Å². The number of benzene rings is 1. The van der Waals surface area contributed by atoms with Crippen molar-refractivity contribution in [2.75, 3.05) is 44.9 Å². The van der Waals surface area contributed by atoms with E-state index in [9.17, 15) is 4.79 Å². The zero-order chi connectivity index (χ0) is 24.5. The molecule has 7 heteroatoms. The molecule has 2 aliphatic rings. The molecule has 0 saturated carbocycles. The number of rotatable bonds is 11. The third-order valence-electron chi connectivity index (χ3n) is 6.99. The molecule has 4 rings (SSSR count). The fourth-order valence-electron chi connectivity index (χ4n) is 4.95. The van der Waals surface area contributed by atoms with Gasteiger partial charge in [0.1, 0.15) is 17.4 Å². The van der Waals surface area contributed by atoms with Crippen LogP contribution in [0.4, 0.5) is 5.82 Å². The Labute approximate surface area is 209 Å². The van der Waals surface area contributed by atoms with Crippen molar-refractivity contribution in [3.05, 3.63) is 46.9 Å². The number of nitrogens with zero attached hydrogens (tertiary/aromatic N) is 4. The first kappa shape index (κ1) is 25.4. The minimum Gasteiger partial charge on any atom is -0.497 e. The highest BCUT2D eigenvalue weighted by atomic mass is 16.5. The van der Waals surface area contributed by atoms with Gasteiger partial charge in [0.15, 0.2) is 0 Å². The Morgan fingerprint density at radius 2 is 1.86 bits per heavy atom. The van der Waals surface area contributed by atoms with Crippen LogP contribution in [0.25, 0.3) is 0 Å². The predicted molar refractivity (Wildman–Crippen MR) is 138 cm³/mol. The Morgan fingerprint density at radius 1 is 1.06 bits per heavy atom. The van der Waals surface area contributed by atoms with Gasteiger partial charge in [-0.05, 0) is 24.1 Å². The number of aromatic nitrogens is 2. The summed E-state index contributed by atoms with van der Waals surface area (Å²) in [5.74, 6) is 2.91. The minimum atomic E-state index is 0.263. The van der Waals surface area contributed by atoms with Crippen LogP contribution in [0.1, 0.15) is 74.5 Å². The number of ether oxygens (including phenoxy) is 2. The molecule has 0 radical (unpaired) electrons. The van der Waals surface area contributed by atoms with E-state index in [4.69, 9.17) is 19.4 Å². The van der Waals surface area contributed by atoms with Crippen molar-refractivity contribution < 1.29 is 14.3 Å². The van der Waals surface area contributed by atoms with Crippen molar-refractivity contribution in [3.8, 4) is 5.75 Å². The highest BCUT2D eigenvalue weighted by Crippen LogP contribution is 2.29. The molecule has 0 spiro atoms. The van der Waals surface area contributed by atoms with Crippen molar-refractivity contribution in [1.82, 2.24) is 14.9 Å². The van der Waals surface area contributed by atoms with Crippen molar-refractivity contribution in [3.63, 3.8) is 0 Å². The van der Waals surface area contributed by atoms with Crippen LogP contribution in [-0.2, 0) is 28.9 Å². The van der Waals surface area contributed by atoms with Crippen molar-refractivity contribution in [1.29, 1.82) is 0 Å². The van der Waals surface area contributed by atoms with E-state index in [0.717, 1.165) is 73.1 Å². The summed E-state index contributed by atoms with van der Waals surface area (Å²) in [6.07, 6.45) is 9.26. The van der Waals surface area contributed by atoms with Gasteiger partial charge >= 0.3 is 0 Å². The standard InChI is InChI=1S/C28H40N4O3/c1-3-4-5-6-7-8-12-27(33)32-14-13-25-24(21-32)28(31-15-17-35-18-16-31)30-26(29-25)20-22-10-9-11-23(19-22)34-2/h9-11,19H,3-8,12-18,20-21H2,1-2H3. The number of hydrogen-bond donors (Lipinski definition) is 0. The Hall–Kier alpha value is -2.67. The summed E-state index contributed by atoms with van der Waals surface area (Å²) in [7, 11) is 1.69. The van der Waals surface area contributed by atoms with Crippen LogP contribution in [0.5, 0.6) is 5.75 Å². The first-order valence-corrected chi connectivity index (χ1v) is 13.3. The lowest BCUT2D eigenvalue weighted by molar-refractivity contribution is -0.132. The van der Waals surface area contributed by atoms with E-state index in [-0.39, 0.29) is 5.91 Å².